The number of carbonyl (C=O) groups excluding carboxylic acids is 1. The molecule has 0 spiro atoms. The topological polar surface area (TPSA) is 59.8 Å². The van der Waals surface area contributed by atoms with Gasteiger partial charge in [0.2, 0.25) is 5.91 Å². The minimum absolute atomic E-state index is 0.0202. The van der Waals surface area contributed by atoms with Gasteiger partial charge in [0, 0.05) is 0 Å². The highest BCUT2D eigenvalue weighted by molar-refractivity contribution is 5.80. The number of hydrogen-bond acceptors (Lipinski definition) is 3. The number of nitrogens with zero attached hydrogens (tertiary/aromatic N) is 3. The van der Waals surface area contributed by atoms with Crippen molar-refractivity contribution in [2.24, 2.45) is 5.92 Å². The number of amides is 1. The smallest absolute Gasteiger partial charge is 0.242 e. The van der Waals surface area contributed by atoms with Gasteiger partial charge in [0.05, 0.1) is 11.6 Å². The molecule has 1 atom stereocenters. The van der Waals surface area contributed by atoms with Gasteiger partial charge in [-0.2, -0.15) is 0 Å². The van der Waals surface area contributed by atoms with Crippen molar-refractivity contribution in [3.8, 4) is 0 Å². The lowest BCUT2D eigenvalue weighted by molar-refractivity contribution is -0.122. The lowest BCUT2D eigenvalue weighted by Gasteiger charge is -2.23. The predicted molar refractivity (Wildman–Crippen MR) is 99.1 cm³/mol. The van der Waals surface area contributed by atoms with Gasteiger partial charge in [0.25, 0.3) is 0 Å². The Morgan fingerprint density at radius 2 is 1.84 bits per heavy atom. The molecule has 1 heterocycles. The van der Waals surface area contributed by atoms with Crippen LogP contribution in [0, 0.1) is 5.92 Å². The highest BCUT2D eigenvalue weighted by Gasteiger charge is 2.19. The summed E-state index contributed by atoms with van der Waals surface area (Å²) in [5.41, 5.74) is 4.09. The number of fused-ring (bicyclic) bond motifs is 1. The SMILES string of the molecule is CCc1ccc(C(NC(=O)Cn2nnc3ccccc32)C(C)C)cc1. The van der Waals surface area contributed by atoms with Crippen molar-refractivity contribution in [1.82, 2.24) is 20.3 Å². The summed E-state index contributed by atoms with van der Waals surface area (Å²) in [5.74, 6) is 0.234. The molecule has 2 aromatic carbocycles. The van der Waals surface area contributed by atoms with Crippen LogP contribution in [0.15, 0.2) is 48.5 Å². The van der Waals surface area contributed by atoms with Gasteiger partial charge in [-0.1, -0.05) is 62.4 Å². The van der Waals surface area contributed by atoms with E-state index in [9.17, 15) is 4.79 Å². The zero-order valence-corrected chi connectivity index (χ0v) is 14.9. The number of hydrogen-bond donors (Lipinski definition) is 1. The molecule has 0 aliphatic rings. The van der Waals surface area contributed by atoms with E-state index in [1.54, 1.807) is 4.68 Å². The van der Waals surface area contributed by atoms with Crippen LogP contribution >= 0.6 is 0 Å². The molecule has 3 aromatic rings. The van der Waals surface area contributed by atoms with Crippen molar-refractivity contribution in [3.63, 3.8) is 0 Å². The Bertz CT molecular complexity index is 852. The number of aryl methyl sites for hydroxylation is 1. The number of rotatable bonds is 6. The van der Waals surface area contributed by atoms with Crippen LogP contribution in [-0.2, 0) is 17.8 Å². The maximum atomic E-state index is 12.6. The molecule has 1 N–H and O–H groups in total. The van der Waals surface area contributed by atoms with Gasteiger partial charge < -0.3 is 5.32 Å². The zero-order chi connectivity index (χ0) is 17.8. The van der Waals surface area contributed by atoms with Gasteiger partial charge in [-0.15, -0.1) is 5.10 Å². The Hall–Kier alpha value is -2.69. The lowest BCUT2D eigenvalue weighted by atomic mass is 9.95. The molecule has 1 unspecified atom stereocenters. The summed E-state index contributed by atoms with van der Waals surface area (Å²) in [4.78, 5) is 12.6. The monoisotopic (exact) mass is 336 g/mol. The molecule has 0 saturated heterocycles. The third-order valence-electron chi connectivity index (χ3n) is 4.44. The molecule has 0 bridgehead atoms. The molecule has 25 heavy (non-hydrogen) atoms. The molecule has 0 radical (unpaired) electrons. The molecule has 0 fully saturated rings. The first-order chi connectivity index (χ1) is 12.1. The maximum absolute atomic E-state index is 12.6. The van der Waals surface area contributed by atoms with Crippen molar-refractivity contribution >= 4 is 16.9 Å². The van der Waals surface area contributed by atoms with Crippen LogP contribution in [-0.4, -0.2) is 20.9 Å². The second kappa shape index (κ2) is 7.47. The normalized spacial score (nSPS) is 12.5. The second-order valence-corrected chi connectivity index (χ2v) is 6.62. The van der Waals surface area contributed by atoms with E-state index >= 15 is 0 Å². The highest BCUT2D eigenvalue weighted by Crippen LogP contribution is 2.22. The number of benzene rings is 2. The summed E-state index contributed by atoms with van der Waals surface area (Å²) in [7, 11) is 0. The summed E-state index contributed by atoms with van der Waals surface area (Å²) in [6.07, 6.45) is 1.01. The van der Waals surface area contributed by atoms with E-state index in [4.69, 9.17) is 0 Å². The van der Waals surface area contributed by atoms with Gasteiger partial charge in [0.15, 0.2) is 0 Å². The molecule has 130 valence electrons. The fourth-order valence-electron chi connectivity index (χ4n) is 2.98. The van der Waals surface area contributed by atoms with Crippen LogP contribution in [0.5, 0.6) is 0 Å². The van der Waals surface area contributed by atoms with Crippen LogP contribution < -0.4 is 5.32 Å². The van der Waals surface area contributed by atoms with Gasteiger partial charge in [0.1, 0.15) is 12.1 Å². The van der Waals surface area contributed by atoms with Crippen LogP contribution in [0.2, 0.25) is 0 Å². The third-order valence-corrected chi connectivity index (χ3v) is 4.44. The van der Waals surface area contributed by atoms with Crippen LogP contribution in [0.25, 0.3) is 11.0 Å². The molecule has 1 amide bonds. The number of carbonyl (C=O) groups is 1. The van der Waals surface area contributed by atoms with Crippen molar-refractivity contribution in [3.05, 3.63) is 59.7 Å². The van der Waals surface area contributed by atoms with E-state index in [0.29, 0.717) is 5.92 Å². The Balaban J connectivity index is 1.74. The summed E-state index contributed by atoms with van der Waals surface area (Å²) < 4.78 is 1.64. The summed E-state index contributed by atoms with van der Waals surface area (Å²) in [6.45, 7) is 6.53. The lowest BCUT2D eigenvalue weighted by Crippen LogP contribution is -2.34. The second-order valence-electron chi connectivity index (χ2n) is 6.62. The zero-order valence-electron chi connectivity index (χ0n) is 14.9. The first-order valence-corrected chi connectivity index (χ1v) is 8.75. The quantitative estimate of drug-likeness (QED) is 0.749. The van der Waals surface area contributed by atoms with E-state index in [1.807, 2.05) is 24.3 Å². The minimum atomic E-state index is -0.0612. The van der Waals surface area contributed by atoms with Gasteiger partial charge in [-0.25, -0.2) is 4.68 Å². The van der Waals surface area contributed by atoms with Crippen LogP contribution in [0.3, 0.4) is 0 Å². The Morgan fingerprint density at radius 1 is 1.12 bits per heavy atom. The average Bonchev–Trinajstić information content (AvgIpc) is 3.03. The maximum Gasteiger partial charge on any atom is 0.242 e. The molecule has 3 rings (SSSR count). The largest absolute Gasteiger partial charge is 0.347 e. The van der Waals surface area contributed by atoms with E-state index in [2.05, 4.69) is 60.7 Å². The molecule has 5 nitrogen and oxygen atoms in total. The van der Waals surface area contributed by atoms with Crippen molar-refractivity contribution in [2.75, 3.05) is 0 Å². The molecular formula is C20H24N4O. The first-order valence-electron chi connectivity index (χ1n) is 8.75. The summed E-state index contributed by atoms with van der Waals surface area (Å²) in [5, 5.41) is 11.3. The van der Waals surface area contributed by atoms with Crippen LogP contribution in [0.4, 0.5) is 0 Å². The third kappa shape index (κ3) is 3.87. The van der Waals surface area contributed by atoms with Crippen molar-refractivity contribution in [1.29, 1.82) is 0 Å². The highest BCUT2D eigenvalue weighted by atomic mass is 16.2. The fraction of sp³-hybridized carbons (Fsp3) is 0.350. The number of para-hydroxylation sites is 1. The van der Waals surface area contributed by atoms with Gasteiger partial charge >= 0.3 is 0 Å². The molecular weight excluding hydrogens is 312 g/mol. The molecule has 1 aromatic heterocycles. The van der Waals surface area contributed by atoms with Crippen LogP contribution in [0.1, 0.15) is 37.9 Å². The minimum Gasteiger partial charge on any atom is -0.347 e. The van der Waals surface area contributed by atoms with E-state index in [0.717, 1.165) is 23.0 Å². The predicted octanol–water partition coefficient (Wildman–Crippen LogP) is 3.51. The van der Waals surface area contributed by atoms with Crippen molar-refractivity contribution < 1.29 is 4.79 Å². The van der Waals surface area contributed by atoms with Gasteiger partial charge in [-0.3, -0.25) is 4.79 Å². The van der Waals surface area contributed by atoms with E-state index < -0.39 is 0 Å². The fourth-order valence-corrected chi connectivity index (χ4v) is 2.98. The molecule has 0 aliphatic heterocycles. The van der Waals surface area contributed by atoms with Gasteiger partial charge in [-0.05, 0) is 35.6 Å². The van der Waals surface area contributed by atoms with E-state index in [-0.39, 0.29) is 18.5 Å². The molecule has 0 aliphatic carbocycles. The molecule has 5 heteroatoms. The Morgan fingerprint density at radius 3 is 2.52 bits per heavy atom. The summed E-state index contributed by atoms with van der Waals surface area (Å²) >= 11 is 0. The van der Waals surface area contributed by atoms with E-state index in [1.165, 1.54) is 5.56 Å². The number of nitrogens with one attached hydrogen (secondary N) is 1. The Kier molecular flexibility index (Phi) is 5.12. The summed E-state index contributed by atoms with van der Waals surface area (Å²) in [6, 6.07) is 16.1. The first kappa shape index (κ1) is 17.1. The standard InChI is InChI=1S/C20H24N4O/c1-4-15-9-11-16(12-10-15)20(14(2)3)21-19(25)13-24-18-8-6-5-7-17(18)22-23-24/h5-12,14,20H,4,13H2,1-3H3,(H,21,25). The Labute approximate surface area is 148 Å². The van der Waals surface area contributed by atoms with Crippen molar-refractivity contribution in [2.45, 2.75) is 39.8 Å². The molecule has 0 saturated carbocycles. The number of aromatic nitrogens is 3. The average molecular weight is 336 g/mol.